The van der Waals surface area contributed by atoms with Crippen molar-refractivity contribution in [1.29, 1.82) is 0 Å². The van der Waals surface area contributed by atoms with E-state index in [1.807, 2.05) is 18.2 Å². The van der Waals surface area contributed by atoms with Gasteiger partial charge in [0.1, 0.15) is 17.2 Å². The Balaban J connectivity index is 1.32. The van der Waals surface area contributed by atoms with Gasteiger partial charge in [0.05, 0.1) is 27.4 Å². The first-order valence-corrected chi connectivity index (χ1v) is 13.4. The quantitative estimate of drug-likeness (QED) is 0.181. The normalized spacial score (nSPS) is 11.2. The Labute approximate surface area is 226 Å². The van der Waals surface area contributed by atoms with Gasteiger partial charge >= 0.3 is 0 Å². The van der Waals surface area contributed by atoms with Crippen LogP contribution in [0.4, 0.5) is 0 Å². The number of unbranched alkanes of at least 4 members (excludes halogenated alkanes) is 2. The summed E-state index contributed by atoms with van der Waals surface area (Å²) in [6.07, 6.45) is 4.54. The van der Waals surface area contributed by atoms with Crippen LogP contribution in [0.15, 0.2) is 84.9 Å². The molecule has 0 aliphatic heterocycles. The zero-order valence-corrected chi connectivity index (χ0v) is 22.6. The molecule has 0 saturated heterocycles. The van der Waals surface area contributed by atoms with E-state index < -0.39 is 0 Å². The largest absolute Gasteiger partial charge is 0.497 e. The molecule has 0 atom stereocenters. The lowest BCUT2D eigenvalue weighted by Gasteiger charge is -2.23. The molecule has 0 heterocycles. The molecule has 38 heavy (non-hydrogen) atoms. The predicted octanol–water partition coefficient (Wildman–Crippen LogP) is 6.64. The molecule has 4 aromatic carbocycles. The van der Waals surface area contributed by atoms with E-state index in [-0.39, 0.29) is 6.61 Å². The van der Waals surface area contributed by atoms with Crippen LogP contribution in [0.1, 0.15) is 36.0 Å². The van der Waals surface area contributed by atoms with Crippen molar-refractivity contribution in [3.8, 4) is 17.2 Å². The number of ether oxygens (including phenoxy) is 3. The van der Waals surface area contributed by atoms with Crippen LogP contribution in [0.25, 0.3) is 10.8 Å². The Morgan fingerprint density at radius 1 is 0.684 bits per heavy atom. The molecule has 0 saturated carbocycles. The summed E-state index contributed by atoms with van der Waals surface area (Å²) < 4.78 is 17.0. The minimum Gasteiger partial charge on any atom is -0.497 e. The van der Waals surface area contributed by atoms with E-state index in [9.17, 15) is 5.11 Å². The smallest absolute Gasteiger partial charge is 0.123 e. The molecule has 0 unspecified atom stereocenters. The average molecular weight is 514 g/mol. The summed E-state index contributed by atoms with van der Waals surface area (Å²) in [5.41, 5.74) is 3.63. The number of nitrogens with zero attached hydrogens (tertiary/aromatic N) is 1. The van der Waals surface area contributed by atoms with Gasteiger partial charge < -0.3 is 19.3 Å². The van der Waals surface area contributed by atoms with Gasteiger partial charge in [-0.2, -0.15) is 0 Å². The van der Waals surface area contributed by atoms with Crippen molar-refractivity contribution < 1.29 is 19.3 Å². The molecule has 4 rings (SSSR count). The summed E-state index contributed by atoms with van der Waals surface area (Å²) in [5, 5.41) is 12.0. The first-order chi connectivity index (χ1) is 18.7. The highest BCUT2D eigenvalue weighted by molar-refractivity contribution is 5.84. The molecule has 0 spiro atoms. The number of methoxy groups -OCH3 is 2. The fourth-order valence-corrected chi connectivity index (χ4v) is 4.76. The summed E-state index contributed by atoms with van der Waals surface area (Å²) >= 11 is 0. The standard InChI is InChI=1S/C33H39NO4/c1-36-31-16-17-33(37-2)30(23-31)25-34(18-19-35)24-27-12-13-29-22-32(15-14-28(29)21-27)38-20-8-4-7-11-26-9-5-3-6-10-26/h3,5-6,9-10,12-17,21-23,35H,4,7-8,11,18-20,24-25H2,1-2H3. The lowest BCUT2D eigenvalue weighted by Crippen LogP contribution is -2.26. The predicted molar refractivity (Wildman–Crippen MR) is 154 cm³/mol. The Bertz CT molecular complexity index is 1270. The molecule has 0 amide bonds. The number of rotatable bonds is 15. The molecule has 5 nitrogen and oxygen atoms in total. The third-order valence-corrected chi connectivity index (χ3v) is 6.80. The molecular formula is C33H39NO4. The fraction of sp³-hybridized carbons (Fsp3) is 0.333. The van der Waals surface area contributed by atoms with E-state index in [1.165, 1.54) is 28.3 Å². The molecule has 0 fully saturated rings. The lowest BCUT2D eigenvalue weighted by molar-refractivity contribution is 0.183. The number of aliphatic hydroxyl groups excluding tert-OH is 1. The van der Waals surface area contributed by atoms with E-state index in [1.54, 1.807) is 14.2 Å². The second kappa shape index (κ2) is 14.4. The molecule has 0 aliphatic rings. The van der Waals surface area contributed by atoms with Gasteiger partial charge in [-0.3, -0.25) is 4.90 Å². The van der Waals surface area contributed by atoms with Crippen molar-refractivity contribution >= 4 is 10.8 Å². The van der Waals surface area contributed by atoms with Crippen molar-refractivity contribution in [2.24, 2.45) is 0 Å². The molecule has 0 radical (unpaired) electrons. The summed E-state index contributed by atoms with van der Waals surface area (Å²) in [6, 6.07) is 29.3. The zero-order valence-electron chi connectivity index (χ0n) is 22.6. The number of aliphatic hydroxyl groups is 1. The van der Waals surface area contributed by atoms with Gasteiger partial charge in [-0.1, -0.05) is 48.5 Å². The minimum atomic E-state index is 0.0901. The second-order valence-corrected chi connectivity index (χ2v) is 9.60. The second-order valence-electron chi connectivity index (χ2n) is 9.60. The summed E-state index contributed by atoms with van der Waals surface area (Å²) in [5.74, 6) is 2.52. The third kappa shape index (κ3) is 7.98. The van der Waals surface area contributed by atoms with E-state index in [4.69, 9.17) is 14.2 Å². The monoisotopic (exact) mass is 513 g/mol. The number of hydrogen-bond acceptors (Lipinski definition) is 5. The van der Waals surface area contributed by atoms with Crippen molar-refractivity contribution in [2.45, 2.75) is 38.8 Å². The molecule has 4 aromatic rings. The molecule has 5 heteroatoms. The lowest BCUT2D eigenvalue weighted by atomic mass is 10.1. The summed E-state index contributed by atoms with van der Waals surface area (Å²) in [4.78, 5) is 2.22. The first kappa shape index (κ1) is 27.5. The third-order valence-electron chi connectivity index (χ3n) is 6.80. The summed E-state index contributed by atoms with van der Waals surface area (Å²) in [7, 11) is 3.34. The first-order valence-electron chi connectivity index (χ1n) is 13.4. The van der Waals surface area contributed by atoms with Crippen LogP contribution in [-0.2, 0) is 19.5 Å². The number of fused-ring (bicyclic) bond motifs is 1. The zero-order chi connectivity index (χ0) is 26.6. The summed E-state index contributed by atoms with van der Waals surface area (Å²) in [6.45, 7) is 2.76. The molecule has 0 aromatic heterocycles. The molecular weight excluding hydrogens is 474 g/mol. The van der Waals surface area contributed by atoms with Crippen molar-refractivity contribution in [3.05, 3.63) is 102 Å². The van der Waals surface area contributed by atoms with Crippen LogP contribution >= 0.6 is 0 Å². The Hall–Kier alpha value is -3.54. The van der Waals surface area contributed by atoms with Crippen LogP contribution in [0.3, 0.4) is 0 Å². The van der Waals surface area contributed by atoms with Crippen LogP contribution in [-0.4, -0.2) is 44.0 Å². The van der Waals surface area contributed by atoms with E-state index in [0.717, 1.165) is 55.2 Å². The maximum absolute atomic E-state index is 9.68. The van der Waals surface area contributed by atoms with Crippen molar-refractivity contribution in [2.75, 3.05) is 34.0 Å². The highest BCUT2D eigenvalue weighted by atomic mass is 16.5. The van der Waals surface area contributed by atoms with Gasteiger partial charge in [0.25, 0.3) is 0 Å². The Kier molecular flexibility index (Phi) is 10.4. The minimum absolute atomic E-state index is 0.0901. The molecule has 1 N–H and O–H groups in total. The number of aryl methyl sites for hydroxylation is 1. The van der Waals surface area contributed by atoms with Crippen LogP contribution in [0.5, 0.6) is 17.2 Å². The van der Waals surface area contributed by atoms with Gasteiger partial charge in [0.2, 0.25) is 0 Å². The van der Waals surface area contributed by atoms with Gasteiger partial charge in [-0.05, 0) is 84.0 Å². The number of benzene rings is 4. The van der Waals surface area contributed by atoms with Crippen molar-refractivity contribution in [3.63, 3.8) is 0 Å². The van der Waals surface area contributed by atoms with E-state index >= 15 is 0 Å². The van der Waals surface area contributed by atoms with E-state index in [2.05, 4.69) is 71.6 Å². The van der Waals surface area contributed by atoms with Crippen LogP contribution in [0, 0.1) is 0 Å². The van der Waals surface area contributed by atoms with Gasteiger partial charge in [-0.25, -0.2) is 0 Å². The van der Waals surface area contributed by atoms with E-state index in [0.29, 0.717) is 13.1 Å². The number of hydrogen-bond donors (Lipinski definition) is 1. The molecule has 0 bridgehead atoms. The Morgan fingerprint density at radius 2 is 1.47 bits per heavy atom. The van der Waals surface area contributed by atoms with Gasteiger partial charge in [0.15, 0.2) is 0 Å². The van der Waals surface area contributed by atoms with Gasteiger partial charge in [-0.15, -0.1) is 0 Å². The average Bonchev–Trinajstić information content (AvgIpc) is 2.95. The van der Waals surface area contributed by atoms with Crippen molar-refractivity contribution in [1.82, 2.24) is 4.90 Å². The highest BCUT2D eigenvalue weighted by Gasteiger charge is 2.12. The van der Waals surface area contributed by atoms with Crippen LogP contribution in [0.2, 0.25) is 0 Å². The maximum atomic E-state index is 9.68. The van der Waals surface area contributed by atoms with Gasteiger partial charge in [0, 0.05) is 25.2 Å². The highest BCUT2D eigenvalue weighted by Crippen LogP contribution is 2.27. The molecule has 0 aliphatic carbocycles. The topological polar surface area (TPSA) is 51.2 Å². The molecule has 200 valence electrons. The SMILES string of the molecule is COc1ccc(OC)c(CN(CCO)Cc2ccc3cc(OCCCCCc4ccccc4)ccc3c2)c1. The fourth-order valence-electron chi connectivity index (χ4n) is 4.76. The maximum Gasteiger partial charge on any atom is 0.123 e. The van der Waals surface area contributed by atoms with Crippen LogP contribution < -0.4 is 14.2 Å². The Morgan fingerprint density at radius 3 is 2.26 bits per heavy atom.